The number of carbonyl (C=O) groups is 5. The normalized spacial score (nSPS) is 18.7. The molecule has 1 fully saturated rings. The van der Waals surface area contributed by atoms with Gasteiger partial charge in [-0.05, 0) is 43.2 Å². The summed E-state index contributed by atoms with van der Waals surface area (Å²) in [5.41, 5.74) is 0.783. The molecule has 1 aliphatic rings. The van der Waals surface area contributed by atoms with E-state index >= 15 is 0 Å². The summed E-state index contributed by atoms with van der Waals surface area (Å²) < 4.78 is 11.7. The first-order valence-corrected chi connectivity index (χ1v) is 18.4. The Kier molecular flexibility index (Phi) is 18.3. The molecule has 0 aliphatic carbocycles. The molecule has 1 aromatic rings. The monoisotopic (exact) mass is 727 g/mol. The summed E-state index contributed by atoms with van der Waals surface area (Å²) in [5, 5.41) is 15.3. The Labute approximate surface area is 311 Å². The van der Waals surface area contributed by atoms with Crippen LogP contribution in [0.3, 0.4) is 0 Å². The standard InChI is InChI=1S/C38H62BN5O8/c1-11-25(6)35(42(7)37(48)33(23(2)3)41-36(47)34(24(4)5)43(8)39)30(52-10)22-32(46)44-19-15-18-28(44)29(51-9)21-31(45)40-27(38(49)50)20-26-16-13-12-14-17-26/h12-14,16-17,23-25,27-30,33-35H,11,15,18-22H2,1-10H3,(H,40,45)(H,41,47)(H,49,50)/t25-,27-,28?,29+,30+,33-,34-,35-/m0/s1. The Morgan fingerprint density at radius 3 is 2.10 bits per heavy atom. The van der Waals surface area contributed by atoms with Crippen molar-refractivity contribution in [1.29, 1.82) is 0 Å². The van der Waals surface area contributed by atoms with Gasteiger partial charge in [-0.2, -0.15) is 0 Å². The first-order chi connectivity index (χ1) is 24.5. The number of carboxylic acids is 1. The Bertz CT molecular complexity index is 1310. The predicted molar refractivity (Wildman–Crippen MR) is 200 cm³/mol. The number of likely N-dealkylation sites (tertiary alicyclic amines) is 1. The van der Waals surface area contributed by atoms with E-state index in [0.717, 1.165) is 5.56 Å². The maximum absolute atomic E-state index is 14.1. The molecule has 0 bridgehead atoms. The molecule has 4 amide bonds. The summed E-state index contributed by atoms with van der Waals surface area (Å²) in [5.74, 6) is -2.82. The van der Waals surface area contributed by atoms with Crippen LogP contribution in [0.1, 0.15) is 79.2 Å². The number of carbonyl (C=O) groups excluding carboxylic acids is 4. The molecular formula is C38H62BN5O8. The van der Waals surface area contributed by atoms with E-state index in [-0.39, 0.29) is 54.7 Å². The fraction of sp³-hybridized carbons (Fsp3) is 0.711. The Hall–Kier alpha value is -3.49. The number of amides is 4. The van der Waals surface area contributed by atoms with Crippen molar-refractivity contribution in [3.63, 3.8) is 0 Å². The Balaban J connectivity index is 2.23. The van der Waals surface area contributed by atoms with Crippen LogP contribution in [-0.2, 0) is 39.9 Å². The summed E-state index contributed by atoms with van der Waals surface area (Å²) in [6.45, 7) is 12.0. The molecule has 13 nitrogen and oxygen atoms in total. The van der Waals surface area contributed by atoms with E-state index in [1.165, 1.54) is 19.0 Å². The van der Waals surface area contributed by atoms with Crippen molar-refractivity contribution < 1.29 is 38.6 Å². The van der Waals surface area contributed by atoms with Crippen molar-refractivity contribution >= 4 is 37.6 Å². The fourth-order valence-corrected chi connectivity index (χ4v) is 7.30. The average molecular weight is 728 g/mol. The highest BCUT2D eigenvalue weighted by atomic mass is 16.5. The van der Waals surface area contributed by atoms with Gasteiger partial charge in [-0.25, -0.2) is 4.79 Å². The van der Waals surface area contributed by atoms with E-state index < -0.39 is 54.3 Å². The number of rotatable bonds is 21. The Morgan fingerprint density at radius 1 is 0.962 bits per heavy atom. The van der Waals surface area contributed by atoms with Crippen LogP contribution in [0.15, 0.2) is 30.3 Å². The highest BCUT2D eigenvalue weighted by Gasteiger charge is 2.41. The number of nitrogens with one attached hydrogen (secondary N) is 2. The third kappa shape index (κ3) is 12.3. The number of carboxylic acid groups (broad SMARTS) is 1. The van der Waals surface area contributed by atoms with E-state index in [1.807, 2.05) is 59.7 Å². The fourth-order valence-electron chi connectivity index (χ4n) is 7.30. The van der Waals surface area contributed by atoms with Crippen LogP contribution < -0.4 is 10.6 Å². The summed E-state index contributed by atoms with van der Waals surface area (Å²) in [7, 11) is 12.3. The minimum atomic E-state index is -1.14. The minimum absolute atomic E-state index is 0.0213. The van der Waals surface area contributed by atoms with Crippen LogP contribution in [0.4, 0.5) is 0 Å². The van der Waals surface area contributed by atoms with Crippen LogP contribution in [-0.4, -0.2) is 135 Å². The lowest BCUT2D eigenvalue weighted by Gasteiger charge is -2.41. The number of hydrogen-bond donors (Lipinski definition) is 3. The molecule has 0 spiro atoms. The number of likely N-dealkylation sites (N-methyl/N-ethyl adjacent to an activating group) is 2. The van der Waals surface area contributed by atoms with Crippen molar-refractivity contribution in [2.24, 2.45) is 17.8 Å². The second-order valence-corrected chi connectivity index (χ2v) is 14.8. The molecule has 2 radical (unpaired) electrons. The van der Waals surface area contributed by atoms with Gasteiger partial charge in [-0.3, -0.25) is 19.2 Å². The summed E-state index contributed by atoms with van der Waals surface area (Å²) in [4.78, 5) is 71.3. The Morgan fingerprint density at radius 2 is 1.60 bits per heavy atom. The topological polar surface area (TPSA) is 158 Å². The minimum Gasteiger partial charge on any atom is -0.480 e. The van der Waals surface area contributed by atoms with Gasteiger partial charge in [0, 0.05) is 34.2 Å². The highest BCUT2D eigenvalue weighted by Crippen LogP contribution is 2.28. The van der Waals surface area contributed by atoms with Gasteiger partial charge >= 0.3 is 5.97 Å². The summed E-state index contributed by atoms with van der Waals surface area (Å²) in [6.07, 6.45) is 0.686. The predicted octanol–water partition coefficient (Wildman–Crippen LogP) is 2.65. The zero-order chi connectivity index (χ0) is 39.3. The third-order valence-corrected chi connectivity index (χ3v) is 10.3. The van der Waals surface area contributed by atoms with Crippen molar-refractivity contribution in [2.45, 2.75) is 122 Å². The van der Waals surface area contributed by atoms with Crippen LogP contribution in [0.2, 0.25) is 0 Å². The number of benzene rings is 1. The van der Waals surface area contributed by atoms with E-state index in [1.54, 1.807) is 36.0 Å². The van der Waals surface area contributed by atoms with Gasteiger partial charge in [-0.1, -0.05) is 78.3 Å². The summed E-state index contributed by atoms with van der Waals surface area (Å²) >= 11 is 0. The van der Waals surface area contributed by atoms with Gasteiger partial charge in [0.25, 0.3) is 0 Å². The maximum Gasteiger partial charge on any atom is 0.326 e. The number of methoxy groups -OCH3 is 2. The molecule has 1 unspecified atom stereocenters. The average Bonchev–Trinajstić information content (AvgIpc) is 3.58. The molecule has 52 heavy (non-hydrogen) atoms. The lowest BCUT2D eigenvalue weighted by Crippen LogP contribution is -2.59. The molecular weight excluding hydrogens is 665 g/mol. The van der Waals surface area contributed by atoms with Crippen LogP contribution in [0.5, 0.6) is 0 Å². The van der Waals surface area contributed by atoms with Crippen molar-refractivity contribution in [3.05, 3.63) is 35.9 Å². The molecule has 1 heterocycles. The van der Waals surface area contributed by atoms with Gasteiger partial charge in [0.15, 0.2) is 7.98 Å². The first kappa shape index (κ1) is 44.7. The highest BCUT2D eigenvalue weighted by molar-refractivity contribution is 6.06. The third-order valence-electron chi connectivity index (χ3n) is 10.3. The zero-order valence-corrected chi connectivity index (χ0v) is 32.8. The van der Waals surface area contributed by atoms with Crippen LogP contribution in [0.25, 0.3) is 0 Å². The van der Waals surface area contributed by atoms with Gasteiger partial charge < -0.3 is 39.8 Å². The molecule has 290 valence electrons. The van der Waals surface area contributed by atoms with Gasteiger partial charge in [0.2, 0.25) is 23.6 Å². The van der Waals surface area contributed by atoms with Gasteiger partial charge in [0.05, 0.1) is 43.2 Å². The molecule has 2 rings (SSSR count). The number of nitrogens with zero attached hydrogens (tertiary/aromatic N) is 3. The van der Waals surface area contributed by atoms with Crippen molar-refractivity contribution in [2.75, 3.05) is 34.9 Å². The molecule has 0 aromatic heterocycles. The first-order valence-electron chi connectivity index (χ1n) is 18.4. The number of aliphatic carboxylic acids is 1. The van der Waals surface area contributed by atoms with Gasteiger partial charge in [-0.15, -0.1) is 0 Å². The second-order valence-electron chi connectivity index (χ2n) is 14.8. The molecule has 0 saturated carbocycles. The van der Waals surface area contributed by atoms with E-state index in [4.69, 9.17) is 17.5 Å². The van der Waals surface area contributed by atoms with Gasteiger partial charge in [0.1, 0.15) is 12.1 Å². The lowest BCUT2D eigenvalue weighted by atomic mass is 9.89. The SMILES string of the molecule is [B]N(C)[C@H](C(=O)N[C@H](C(=O)N(C)[C@@H]([C@@H](C)CC)[C@@H](CC(=O)N1CCCC1[C@@H](CC(=O)N[C@@H](Cc1ccccc1)C(=O)O)OC)OC)C(C)C)C(C)C. The summed E-state index contributed by atoms with van der Waals surface area (Å²) in [6, 6.07) is 5.59. The molecule has 1 aliphatic heterocycles. The van der Waals surface area contributed by atoms with E-state index in [0.29, 0.717) is 25.8 Å². The van der Waals surface area contributed by atoms with E-state index in [2.05, 4.69) is 10.6 Å². The van der Waals surface area contributed by atoms with E-state index in [9.17, 15) is 29.1 Å². The number of ether oxygens (including phenoxy) is 2. The maximum atomic E-state index is 14.1. The molecule has 1 aromatic carbocycles. The molecule has 8 atom stereocenters. The zero-order valence-electron chi connectivity index (χ0n) is 32.8. The van der Waals surface area contributed by atoms with Crippen LogP contribution in [0, 0.1) is 17.8 Å². The lowest BCUT2D eigenvalue weighted by molar-refractivity contribution is -0.147. The molecule has 3 N–H and O–H groups in total. The molecule has 14 heteroatoms. The largest absolute Gasteiger partial charge is 0.480 e. The number of hydrogen-bond acceptors (Lipinski definition) is 8. The second kappa shape index (κ2) is 21.3. The van der Waals surface area contributed by atoms with Crippen LogP contribution >= 0.6 is 0 Å². The van der Waals surface area contributed by atoms with Crippen molar-refractivity contribution in [3.8, 4) is 0 Å². The molecule has 1 saturated heterocycles. The quantitative estimate of drug-likeness (QED) is 0.162. The van der Waals surface area contributed by atoms with Crippen molar-refractivity contribution in [1.82, 2.24) is 25.2 Å². The smallest absolute Gasteiger partial charge is 0.326 e.